The maximum atomic E-state index is 13.0. The maximum absolute atomic E-state index is 13.0. The molecule has 0 aliphatic carbocycles. The zero-order valence-electron chi connectivity index (χ0n) is 27.3. The minimum atomic E-state index is -0.230. The Labute approximate surface area is 293 Å². The lowest BCUT2D eigenvalue weighted by Crippen LogP contribution is -2.54. The number of carbonyl (C=O) groups is 2. The van der Waals surface area contributed by atoms with Gasteiger partial charge in [-0.25, -0.2) is 8.70 Å². The van der Waals surface area contributed by atoms with Crippen molar-refractivity contribution in [2.75, 3.05) is 47.3 Å². The molecule has 5 rings (SSSR count). The van der Waals surface area contributed by atoms with Gasteiger partial charge in [-0.3, -0.25) is 19.2 Å². The highest BCUT2D eigenvalue weighted by Crippen LogP contribution is 2.26. The van der Waals surface area contributed by atoms with Gasteiger partial charge in [-0.05, 0) is 73.2 Å². The Balaban J connectivity index is 0.000000251. The highest BCUT2D eigenvalue weighted by Gasteiger charge is 2.31. The van der Waals surface area contributed by atoms with Crippen molar-refractivity contribution < 1.29 is 14.0 Å². The summed E-state index contributed by atoms with van der Waals surface area (Å²) in [6, 6.07) is 22.6. The molecule has 0 saturated carbocycles. The van der Waals surface area contributed by atoms with E-state index >= 15 is 0 Å². The first-order valence-corrected chi connectivity index (χ1v) is 16.4. The van der Waals surface area contributed by atoms with Crippen molar-refractivity contribution in [3.05, 3.63) is 113 Å². The van der Waals surface area contributed by atoms with Crippen LogP contribution in [0.2, 0.25) is 5.02 Å². The van der Waals surface area contributed by atoms with E-state index < -0.39 is 0 Å². The molecule has 0 spiro atoms. The summed E-state index contributed by atoms with van der Waals surface area (Å²) in [5.41, 5.74) is 5.60. The highest BCUT2D eigenvalue weighted by atomic mass is 35.5. The van der Waals surface area contributed by atoms with Crippen LogP contribution >= 0.6 is 36.0 Å². The molecule has 0 N–H and O–H groups in total. The molecule has 1 atom stereocenters. The Morgan fingerprint density at radius 3 is 2.11 bits per heavy atom. The van der Waals surface area contributed by atoms with E-state index in [0.717, 1.165) is 58.8 Å². The molecule has 0 bridgehead atoms. The van der Waals surface area contributed by atoms with Gasteiger partial charge in [0.1, 0.15) is 5.82 Å². The first kappa shape index (κ1) is 38.2. The van der Waals surface area contributed by atoms with Crippen molar-refractivity contribution in [2.24, 2.45) is 7.05 Å². The topological polar surface area (TPSA) is 64.9 Å². The summed E-state index contributed by atoms with van der Waals surface area (Å²) in [6.45, 7) is 3.13. The van der Waals surface area contributed by atoms with E-state index in [2.05, 4.69) is 43.5 Å². The third-order valence-electron chi connectivity index (χ3n) is 7.59. The van der Waals surface area contributed by atoms with Crippen LogP contribution in [0.3, 0.4) is 0 Å². The van der Waals surface area contributed by atoms with Crippen molar-refractivity contribution >= 4 is 48.1 Å². The zero-order valence-corrected chi connectivity index (χ0v) is 29.6. The van der Waals surface area contributed by atoms with E-state index in [1.165, 1.54) is 12.1 Å². The lowest BCUT2D eigenvalue weighted by molar-refractivity contribution is -0.125. The van der Waals surface area contributed by atoms with Crippen LogP contribution in [-0.2, 0) is 35.4 Å². The van der Waals surface area contributed by atoms with E-state index in [9.17, 15) is 14.0 Å². The molecule has 1 amide bonds. The Morgan fingerprint density at radius 2 is 1.53 bits per heavy atom. The lowest BCUT2D eigenvalue weighted by Gasteiger charge is -2.40. The predicted molar refractivity (Wildman–Crippen MR) is 192 cm³/mol. The summed E-state index contributed by atoms with van der Waals surface area (Å²) in [5, 5.41) is 4.96. The number of carbonyl (C=O) groups excluding carboxylic acids is 2. The molecule has 252 valence electrons. The maximum Gasteiger partial charge on any atom is 0.210 e. The number of aromatic nitrogens is 2. The van der Waals surface area contributed by atoms with Crippen LogP contribution in [0.1, 0.15) is 16.7 Å². The van der Waals surface area contributed by atoms with E-state index in [1.807, 2.05) is 64.8 Å². The van der Waals surface area contributed by atoms with E-state index in [4.69, 9.17) is 11.6 Å². The van der Waals surface area contributed by atoms with Gasteiger partial charge >= 0.3 is 0 Å². The molecule has 1 aliphatic heterocycles. The molecule has 1 saturated heterocycles. The minimum absolute atomic E-state index is 0. The number of aryl methyl sites for hydroxylation is 1. The number of nitrogens with zero attached hydrogens (tertiary/aromatic N) is 6. The van der Waals surface area contributed by atoms with Gasteiger partial charge in [0.2, 0.25) is 6.41 Å². The monoisotopic (exact) mass is 700 g/mol. The van der Waals surface area contributed by atoms with Gasteiger partial charge in [-0.1, -0.05) is 72.1 Å². The third kappa shape index (κ3) is 12.4. The number of benzene rings is 3. The van der Waals surface area contributed by atoms with Crippen LogP contribution in [0.5, 0.6) is 0 Å². The number of likely N-dealkylation sites (N-methyl/N-ethyl adjacent to an activating group) is 2. The molecule has 3 aromatic carbocycles. The standard InChI is InChI=1S/C18H21ClN2O.C17H21FN4OS.ClH/c1-20(2)11-12-21(14-22)13-15-3-5-16(6-4-15)17-7-9-18(19)10-8-17;1-20-10-16(23)11-22(17(20)7-14-8-19-21(2)9-14)24-12-13-3-5-15(18)6-4-13;/h3-10,14H,11-13H2,1-2H3;3-6,8-9,17H,7,10-12H2,1-2H3;1H. The molecule has 47 heavy (non-hydrogen) atoms. The number of hydrogen-bond donors (Lipinski definition) is 0. The fourth-order valence-corrected chi connectivity index (χ4v) is 6.30. The molecule has 1 unspecified atom stereocenters. The van der Waals surface area contributed by atoms with Gasteiger partial charge in [-0.15, -0.1) is 12.4 Å². The van der Waals surface area contributed by atoms with Crippen LogP contribution in [-0.4, -0.2) is 94.5 Å². The van der Waals surface area contributed by atoms with E-state index in [0.29, 0.717) is 25.4 Å². The molecular formula is C35H43Cl2FN6O2S. The Bertz CT molecular complexity index is 1540. The van der Waals surface area contributed by atoms with Crippen molar-refractivity contribution in [2.45, 2.75) is 24.9 Å². The second kappa shape index (κ2) is 18.9. The van der Waals surface area contributed by atoms with Gasteiger partial charge in [0, 0.05) is 50.1 Å². The smallest absolute Gasteiger partial charge is 0.210 e. The molecule has 2 heterocycles. The predicted octanol–water partition coefficient (Wildman–Crippen LogP) is 6.04. The number of halogens is 3. The Morgan fingerprint density at radius 1 is 0.915 bits per heavy atom. The van der Waals surface area contributed by atoms with Crippen molar-refractivity contribution in [3.8, 4) is 11.1 Å². The molecule has 0 radical (unpaired) electrons. The van der Waals surface area contributed by atoms with Crippen LogP contribution in [0, 0.1) is 5.82 Å². The number of amides is 1. The van der Waals surface area contributed by atoms with Gasteiger partial charge in [0.15, 0.2) is 5.78 Å². The highest BCUT2D eigenvalue weighted by molar-refractivity contribution is 7.96. The zero-order chi connectivity index (χ0) is 33.1. The van der Waals surface area contributed by atoms with Gasteiger partial charge in [-0.2, -0.15) is 5.10 Å². The van der Waals surface area contributed by atoms with E-state index in [-0.39, 0.29) is 30.2 Å². The van der Waals surface area contributed by atoms with Crippen molar-refractivity contribution in [3.63, 3.8) is 0 Å². The van der Waals surface area contributed by atoms with Crippen molar-refractivity contribution in [1.82, 2.24) is 28.8 Å². The minimum Gasteiger partial charge on any atom is -0.340 e. The van der Waals surface area contributed by atoms with Crippen LogP contribution < -0.4 is 0 Å². The second-order valence-corrected chi connectivity index (χ2v) is 13.2. The summed E-state index contributed by atoms with van der Waals surface area (Å²) < 4.78 is 16.9. The number of rotatable bonds is 12. The van der Waals surface area contributed by atoms with Gasteiger partial charge < -0.3 is 9.80 Å². The van der Waals surface area contributed by atoms with Crippen LogP contribution in [0.15, 0.2) is 85.2 Å². The molecule has 1 aliphatic rings. The average molecular weight is 702 g/mol. The fourth-order valence-electron chi connectivity index (χ4n) is 5.03. The average Bonchev–Trinajstić information content (AvgIpc) is 3.45. The Kier molecular flexibility index (Phi) is 15.4. The SMILES string of the molecule is CN(C)CCN(C=O)Cc1ccc(-c2ccc(Cl)cc2)cc1.CN1CC(=O)CN(SCc2ccc(F)cc2)C1Cc1cnn(C)c1.Cl. The number of Topliss-reactive ketones (excluding diaryl/α,β-unsaturated/α-hetero) is 1. The van der Waals surface area contributed by atoms with Gasteiger partial charge in [0.25, 0.3) is 0 Å². The van der Waals surface area contributed by atoms with E-state index in [1.54, 1.807) is 33.7 Å². The molecular weight excluding hydrogens is 658 g/mol. The second-order valence-electron chi connectivity index (χ2n) is 11.7. The first-order valence-electron chi connectivity index (χ1n) is 15.1. The van der Waals surface area contributed by atoms with Crippen LogP contribution in [0.25, 0.3) is 11.1 Å². The quantitative estimate of drug-likeness (QED) is 0.132. The summed E-state index contributed by atoms with van der Waals surface area (Å²) in [4.78, 5) is 29.1. The summed E-state index contributed by atoms with van der Waals surface area (Å²) in [5.74, 6) is 0.697. The summed E-state index contributed by atoms with van der Waals surface area (Å²) in [6.07, 6.45) is 5.74. The Hall–Kier alpha value is -3.25. The molecule has 4 aromatic rings. The van der Waals surface area contributed by atoms with Gasteiger partial charge in [0.05, 0.1) is 25.5 Å². The first-order chi connectivity index (χ1) is 22.1. The van der Waals surface area contributed by atoms with Crippen LogP contribution in [0.4, 0.5) is 4.39 Å². The number of ketones is 1. The normalized spacial score (nSPS) is 15.1. The summed E-state index contributed by atoms with van der Waals surface area (Å²) >= 11 is 7.53. The third-order valence-corrected chi connectivity index (χ3v) is 9.01. The lowest BCUT2D eigenvalue weighted by atomic mass is 10.0. The molecule has 8 nitrogen and oxygen atoms in total. The molecule has 1 aromatic heterocycles. The molecule has 12 heteroatoms. The van der Waals surface area contributed by atoms with Crippen molar-refractivity contribution in [1.29, 1.82) is 0 Å². The largest absolute Gasteiger partial charge is 0.340 e. The molecule has 1 fully saturated rings. The summed E-state index contributed by atoms with van der Waals surface area (Å²) in [7, 11) is 7.88. The fraction of sp³-hybridized carbons (Fsp3) is 0.343. The number of hydrogen-bond acceptors (Lipinski definition) is 7.